The first kappa shape index (κ1) is 19.9. The Labute approximate surface area is 129 Å². The fourth-order valence-corrected chi connectivity index (χ4v) is 1.44. The predicted octanol–water partition coefficient (Wildman–Crippen LogP) is 3.30. The molecule has 0 fully saturated rings. The highest BCUT2D eigenvalue weighted by Crippen LogP contribution is 2.06. The van der Waals surface area contributed by atoms with Crippen molar-refractivity contribution in [2.45, 2.75) is 52.9 Å². The maximum absolute atomic E-state index is 11.8. The maximum atomic E-state index is 11.8. The molecule has 0 aliphatic rings. The average Bonchev–Trinajstić information content (AvgIpc) is 2.50. The van der Waals surface area contributed by atoms with Crippen LogP contribution >= 0.6 is 0 Å². The molecule has 0 bridgehead atoms. The van der Waals surface area contributed by atoms with Crippen LogP contribution in [0, 0.1) is 0 Å². The first-order chi connectivity index (χ1) is 10.2. The van der Waals surface area contributed by atoms with Crippen LogP contribution in [0.25, 0.3) is 0 Å². The number of hydrogen-bond acceptors (Lipinski definition) is 5. The zero-order valence-corrected chi connectivity index (χ0v) is 13.9. The predicted molar refractivity (Wildman–Crippen MR) is 83.7 cm³/mol. The standard InChI is InChI=1S/C16H31NO4/c1-5-8-11-19-13-17(14-20-12-9-6-2)15(4)16(18)21-10-7-3/h4-14H2,1-3H3. The molecule has 0 aromatic heterocycles. The molecule has 0 heterocycles. The highest BCUT2D eigenvalue weighted by atomic mass is 16.5. The number of carbonyl (C=O) groups excluding carboxylic acids is 1. The van der Waals surface area contributed by atoms with Crippen molar-refractivity contribution in [3.8, 4) is 0 Å². The van der Waals surface area contributed by atoms with Crippen molar-refractivity contribution < 1.29 is 19.0 Å². The van der Waals surface area contributed by atoms with Crippen LogP contribution in [0.2, 0.25) is 0 Å². The van der Waals surface area contributed by atoms with E-state index in [0.29, 0.717) is 33.3 Å². The van der Waals surface area contributed by atoms with Crippen LogP contribution in [-0.2, 0) is 19.0 Å². The number of hydrogen-bond donors (Lipinski definition) is 0. The van der Waals surface area contributed by atoms with Crippen LogP contribution in [0.1, 0.15) is 52.9 Å². The van der Waals surface area contributed by atoms with E-state index in [1.54, 1.807) is 4.90 Å². The molecule has 0 unspecified atom stereocenters. The Morgan fingerprint density at radius 3 is 1.86 bits per heavy atom. The molecule has 21 heavy (non-hydrogen) atoms. The number of unbranched alkanes of at least 4 members (excludes halogenated alkanes) is 2. The maximum Gasteiger partial charge on any atom is 0.354 e. The van der Waals surface area contributed by atoms with Gasteiger partial charge in [-0.1, -0.05) is 40.2 Å². The number of nitrogens with zero attached hydrogens (tertiary/aromatic N) is 1. The van der Waals surface area contributed by atoms with E-state index in [9.17, 15) is 4.79 Å². The van der Waals surface area contributed by atoms with Crippen molar-refractivity contribution in [1.82, 2.24) is 4.90 Å². The van der Waals surface area contributed by atoms with Gasteiger partial charge in [-0.2, -0.15) is 0 Å². The molecule has 0 saturated heterocycles. The van der Waals surface area contributed by atoms with Gasteiger partial charge in [0, 0.05) is 13.2 Å². The van der Waals surface area contributed by atoms with Crippen LogP contribution in [0.4, 0.5) is 0 Å². The Bertz CT molecular complexity index is 269. The minimum Gasteiger partial charge on any atom is -0.461 e. The van der Waals surface area contributed by atoms with E-state index >= 15 is 0 Å². The minimum atomic E-state index is -0.407. The summed E-state index contributed by atoms with van der Waals surface area (Å²) in [6.45, 7) is 12.3. The molecule has 0 aliphatic carbocycles. The molecule has 5 heteroatoms. The lowest BCUT2D eigenvalue weighted by molar-refractivity contribution is -0.143. The second-order valence-electron chi connectivity index (χ2n) is 4.90. The number of carbonyl (C=O) groups is 1. The minimum absolute atomic E-state index is 0.288. The summed E-state index contributed by atoms with van der Waals surface area (Å²) in [4.78, 5) is 13.5. The SMILES string of the molecule is C=C(C(=O)OCCC)N(COCCCC)COCCCC. The Hall–Kier alpha value is -1.07. The fourth-order valence-electron chi connectivity index (χ4n) is 1.44. The second-order valence-corrected chi connectivity index (χ2v) is 4.90. The van der Waals surface area contributed by atoms with E-state index < -0.39 is 5.97 Å². The van der Waals surface area contributed by atoms with Crippen LogP contribution in [0.15, 0.2) is 12.3 Å². The van der Waals surface area contributed by atoms with Crippen molar-refractivity contribution in [3.05, 3.63) is 12.3 Å². The third-order valence-electron chi connectivity index (χ3n) is 2.83. The van der Waals surface area contributed by atoms with Crippen LogP contribution in [-0.4, -0.2) is 44.2 Å². The van der Waals surface area contributed by atoms with Gasteiger partial charge >= 0.3 is 5.97 Å². The van der Waals surface area contributed by atoms with Gasteiger partial charge in [0.25, 0.3) is 0 Å². The molecule has 5 nitrogen and oxygen atoms in total. The Morgan fingerprint density at radius 1 is 0.905 bits per heavy atom. The Morgan fingerprint density at radius 2 is 1.43 bits per heavy atom. The molecule has 0 radical (unpaired) electrons. The smallest absolute Gasteiger partial charge is 0.354 e. The molecular formula is C16H31NO4. The summed E-state index contributed by atoms with van der Waals surface area (Å²) in [6, 6.07) is 0. The molecule has 0 aromatic rings. The fraction of sp³-hybridized carbons (Fsp3) is 0.812. The highest BCUT2D eigenvalue weighted by molar-refractivity contribution is 5.86. The van der Waals surface area contributed by atoms with Gasteiger partial charge in [0.2, 0.25) is 0 Å². The molecule has 0 atom stereocenters. The molecule has 0 amide bonds. The van der Waals surface area contributed by atoms with Crippen molar-refractivity contribution in [1.29, 1.82) is 0 Å². The van der Waals surface area contributed by atoms with Gasteiger partial charge in [0.15, 0.2) is 0 Å². The topological polar surface area (TPSA) is 48.0 Å². The van der Waals surface area contributed by atoms with E-state index in [1.165, 1.54) is 0 Å². The summed E-state index contributed by atoms with van der Waals surface area (Å²) in [7, 11) is 0. The molecule has 124 valence electrons. The van der Waals surface area contributed by atoms with Gasteiger partial charge < -0.3 is 19.1 Å². The van der Waals surface area contributed by atoms with Crippen molar-refractivity contribution in [2.75, 3.05) is 33.3 Å². The normalized spacial score (nSPS) is 10.4. The van der Waals surface area contributed by atoms with E-state index in [4.69, 9.17) is 14.2 Å². The lowest BCUT2D eigenvalue weighted by atomic mass is 10.4. The molecular weight excluding hydrogens is 270 g/mol. The van der Waals surface area contributed by atoms with Gasteiger partial charge in [0.1, 0.15) is 19.2 Å². The van der Waals surface area contributed by atoms with E-state index in [0.717, 1.165) is 32.1 Å². The number of esters is 1. The zero-order valence-electron chi connectivity index (χ0n) is 13.9. The van der Waals surface area contributed by atoms with Crippen LogP contribution in [0.3, 0.4) is 0 Å². The molecule has 0 N–H and O–H groups in total. The van der Waals surface area contributed by atoms with E-state index in [1.807, 2.05) is 6.92 Å². The lowest BCUT2D eigenvalue weighted by Crippen LogP contribution is -2.33. The molecule has 0 rings (SSSR count). The zero-order chi connectivity index (χ0) is 15.9. The molecule has 0 saturated carbocycles. The Balaban J connectivity index is 4.25. The summed E-state index contributed by atoms with van der Waals surface area (Å²) in [5, 5.41) is 0. The summed E-state index contributed by atoms with van der Waals surface area (Å²) in [5.41, 5.74) is 0.288. The molecule has 0 aliphatic heterocycles. The van der Waals surface area contributed by atoms with Gasteiger partial charge in [0.05, 0.1) is 6.61 Å². The Kier molecular flexibility index (Phi) is 13.2. The summed E-state index contributed by atoms with van der Waals surface area (Å²) < 4.78 is 16.2. The van der Waals surface area contributed by atoms with Crippen LogP contribution < -0.4 is 0 Å². The van der Waals surface area contributed by atoms with Crippen molar-refractivity contribution in [3.63, 3.8) is 0 Å². The molecule has 0 aromatic carbocycles. The monoisotopic (exact) mass is 301 g/mol. The van der Waals surface area contributed by atoms with E-state index in [2.05, 4.69) is 20.4 Å². The third kappa shape index (κ3) is 10.3. The summed E-state index contributed by atoms with van der Waals surface area (Å²) in [6.07, 6.45) is 4.94. The van der Waals surface area contributed by atoms with Gasteiger partial charge in [-0.15, -0.1) is 0 Å². The van der Waals surface area contributed by atoms with Crippen LogP contribution in [0.5, 0.6) is 0 Å². The molecule has 0 spiro atoms. The lowest BCUT2D eigenvalue weighted by Gasteiger charge is -2.25. The van der Waals surface area contributed by atoms with Gasteiger partial charge in [-0.25, -0.2) is 4.79 Å². The number of rotatable bonds is 14. The number of ether oxygens (including phenoxy) is 3. The first-order valence-corrected chi connectivity index (χ1v) is 7.93. The van der Waals surface area contributed by atoms with Crippen molar-refractivity contribution in [2.24, 2.45) is 0 Å². The van der Waals surface area contributed by atoms with Crippen molar-refractivity contribution >= 4 is 5.97 Å². The average molecular weight is 301 g/mol. The highest BCUT2D eigenvalue weighted by Gasteiger charge is 2.16. The summed E-state index contributed by atoms with van der Waals surface area (Å²) >= 11 is 0. The van der Waals surface area contributed by atoms with Gasteiger partial charge in [-0.05, 0) is 19.3 Å². The van der Waals surface area contributed by atoms with E-state index in [-0.39, 0.29) is 5.70 Å². The largest absolute Gasteiger partial charge is 0.461 e. The second kappa shape index (κ2) is 13.9. The first-order valence-electron chi connectivity index (χ1n) is 7.93. The third-order valence-corrected chi connectivity index (χ3v) is 2.83. The quantitative estimate of drug-likeness (QED) is 0.213. The summed E-state index contributed by atoms with van der Waals surface area (Å²) in [5.74, 6) is -0.407. The van der Waals surface area contributed by atoms with Gasteiger partial charge in [-0.3, -0.25) is 0 Å².